The van der Waals surface area contributed by atoms with Crippen molar-refractivity contribution in [2.24, 2.45) is 0 Å². The molecule has 3 nitrogen and oxygen atoms in total. The van der Waals surface area contributed by atoms with Crippen LogP contribution in [0, 0.1) is 5.82 Å². The van der Waals surface area contributed by atoms with E-state index in [2.05, 4.69) is 5.32 Å². The molecule has 0 aliphatic carbocycles. The minimum Gasteiger partial charge on any atom is -0.505 e. The van der Waals surface area contributed by atoms with E-state index >= 15 is 0 Å². The number of hydrogen-bond donors (Lipinski definition) is 3. The highest BCUT2D eigenvalue weighted by Gasteiger charge is 2.33. The van der Waals surface area contributed by atoms with E-state index in [4.69, 9.17) is 5.11 Å². The molecule has 2 rings (SSSR count). The molecule has 76 valence electrons. The number of benzene rings is 1. The summed E-state index contributed by atoms with van der Waals surface area (Å²) in [6.45, 7) is 1.15. The Balaban J connectivity index is 2.36. The molecule has 1 aliphatic heterocycles. The molecule has 0 spiro atoms. The number of aliphatic hydroxyl groups is 1. The molecule has 1 aromatic carbocycles. The summed E-state index contributed by atoms with van der Waals surface area (Å²) in [4.78, 5) is 0. The highest BCUT2D eigenvalue weighted by atomic mass is 19.1. The zero-order chi connectivity index (χ0) is 10.2. The monoisotopic (exact) mass is 197 g/mol. The SMILES string of the molecule is Oc1ccc(C2(O)CCNC2)cc1F. The third-order valence-corrected chi connectivity index (χ3v) is 2.62. The Hall–Kier alpha value is -1.13. The Bertz CT molecular complexity index is 348. The zero-order valence-corrected chi connectivity index (χ0v) is 7.63. The first-order valence-electron chi connectivity index (χ1n) is 4.54. The van der Waals surface area contributed by atoms with Crippen LogP contribution in [0.3, 0.4) is 0 Å². The first kappa shape index (κ1) is 9.43. The molecular weight excluding hydrogens is 185 g/mol. The molecular formula is C10H12FNO2. The Kier molecular flexibility index (Phi) is 2.17. The summed E-state index contributed by atoms with van der Waals surface area (Å²) in [5.41, 5.74) is -0.480. The normalized spacial score (nSPS) is 26.7. The second kappa shape index (κ2) is 3.22. The Morgan fingerprint density at radius 2 is 2.21 bits per heavy atom. The van der Waals surface area contributed by atoms with E-state index in [1.165, 1.54) is 12.1 Å². The number of hydrogen-bond acceptors (Lipinski definition) is 3. The molecule has 0 amide bonds. The predicted molar refractivity (Wildman–Crippen MR) is 49.4 cm³/mol. The van der Waals surface area contributed by atoms with Crippen LogP contribution in [0.25, 0.3) is 0 Å². The molecule has 14 heavy (non-hydrogen) atoms. The van der Waals surface area contributed by atoms with Crippen LogP contribution in [0.5, 0.6) is 5.75 Å². The molecule has 4 heteroatoms. The van der Waals surface area contributed by atoms with Gasteiger partial charge >= 0.3 is 0 Å². The van der Waals surface area contributed by atoms with Crippen LogP contribution in [-0.4, -0.2) is 23.3 Å². The average molecular weight is 197 g/mol. The second-order valence-electron chi connectivity index (χ2n) is 3.62. The fourth-order valence-corrected chi connectivity index (χ4v) is 1.72. The molecule has 3 N–H and O–H groups in total. The van der Waals surface area contributed by atoms with Gasteiger partial charge in [0.2, 0.25) is 0 Å². The summed E-state index contributed by atoms with van der Waals surface area (Å²) in [7, 11) is 0. The fourth-order valence-electron chi connectivity index (χ4n) is 1.72. The standard InChI is InChI=1S/C10H12FNO2/c11-8-5-7(1-2-9(8)13)10(14)3-4-12-6-10/h1-2,5,12-14H,3-4,6H2. The van der Waals surface area contributed by atoms with E-state index in [9.17, 15) is 9.50 Å². The Morgan fingerprint density at radius 1 is 1.43 bits per heavy atom. The topological polar surface area (TPSA) is 52.5 Å². The van der Waals surface area contributed by atoms with Crippen molar-refractivity contribution in [1.82, 2.24) is 5.32 Å². The number of rotatable bonds is 1. The van der Waals surface area contributed by atoms with Crippen LogP contribution in [0.1, 0.15) is 12.0 Å². The Morgan fingerprint density at radius 3 is 2.79 bits per heavy atom. The second-order valence-corrected chi connectivity index (χ2v) is 3.62. The molecule has 1 fully saturated rings. The lowest BCUT2D eigenvalue weighted by Gasteiger charge is -2.21. The zero-order valence-electron chi connectivity index (χ0n) is 7.63. The van der Waals surface area contributed by atoms with Crippen LogP contribution in [0.2, 0.25) is 0 Å². The summed E-state index contributed by atoms with van der Waals surface area (Å²) in [5.74, 6) is -1.08. The van der Waals surface area contributed by atoms with Crippen molar-refractivity contribution >= 4 is 0 Å². The Labute approximate surface area is 81.2 Å². The first-order valence-corrected chi connectivity index (χ1v) is 4.54. The van der Waals surface area contributed by atoms with E-state index in [1.807, 2.05) is 0 Å². The summed E-state index contributed by atoms with van der Waals surface area (Å²) in [6, 6.07) is 3.99. The third-order valence-electron chi connectivity index (χ3n) is 2.62. The average Bonchev–Trinajstić information content (AvgIpc) is 2.58. The van der Waals surface area contributed by atoms with Gasteiger partial charge in [0.25, 0.3) is 0 Å². The molecule has 1 unspecified atom stereocenters. The molecule has 1 atom stereocenters. The van der Waals surface area contributed by atoms with Crippen molar-refractivity contribution in [3.63, 3.8) is 0 Å². The van der Waals surface area contributed by atoms with Gasteiger partial charge in [0.05, 0.1) is 0 Å². The van der Waals surface area contributed by atoms with Gasteiger partial charge in [-0.15, -0.1) is 0 Å². The fraction of sp³-hybridized carbons (Fsp3) is 0.400. The predicted octanol–water partition coefficient (Wildman–Crippen LogP) is 0.712. The van der Waals surface area contributed by atoms with E-state index in [1.54, 1.807) is 6.07 Å². The summed E-state index contributed by atoms with van der Waals surface area (Å²) in [6.07, 6.45) is 0.567. The molecule has 1 heterocycles. The quantitative estimate of drug-likeness (QED) is 0.621. The lowest BCUT2D eigenvalue weighted by molar-refractivity contribution is 0.0583. The molecule has 0 bridgehead atoms. The van der Waals surface area contributed by atoms with Crippen molar-refractivity contribution in [2.75, 3.05) is 13.1 Å². The first-order chi connectivity index (χ1) is 6.62. The number of aromatic hydroxyl groups is 1. The molecule has 1 saturated heterocycles. The highest BCUT2D eigenvalue weighted by molar-refractivity contribution is 5.32. The molecule has 0 saturated carbocycles. The van der Waals surface area contributed by atoms with Gasteiger partial charge < -0.3 is 15.5 Å². The number of phenolic OH excluding ortho intramolecular Hbond substituents is 1. The van der Waals surface area contributed by atoms with Crippen molar-refractivity contribution < 1.29 is 14.6 Å². The van der Waals surface area contributed by atoms with Crippen molar-refractivity contribution in [2.45, 2.75) is 12.0 Å². The van der Waals surface area contributed by atoms with Crippen molar-refractivity contribution in [3.05, 3.63) is 29.6 Å². The van der Waals surface area contributed by atoms with Crippen LogP contribution in [0.4, 0.5) is 4.39 Å². The number of phenols is 1. The molecule has 1 aromatic rings. The summed E-state index contributed by atoms with van der Waals surface area (Å²) < 4.78 is 13.0. The lowest BCUT2D eigenvalue weighted by Crippen LogP contribution is -2.28. The van der Waals surface area contributed by atoms with Gasteiger partial charge in [0, 0.05) is 6.54 Å². The summed E-state index contributed by atoms with van der Waals surface area (Å²) >= 11 is 0. The molecule has 0 aromatic heterocycles. The number of halogens is 1. The van der Waals surface area contributed by atoms with Crippen LogP contribution < -0.4 is 5.32 Å². The van der Waals surface area contributed by atoms with Crippen LogP contribution in [0.15, 0.2) is 18.2 Å². The van der Waals surface area contributed by atoms with E-state index in [-0.39, 0.29) is 5.75 Å². The van der Waals surface area contributed by atoms with Crippen molar-refractivity contribution in [3.8, 4) is 5.75 Å². The van der Waals surface area contributed by atoms with Gasteiger partial charge in [-0.3, -0.25) is 0 Å². The van der Waals surface area contributed by atoms with E-state index in [0.717, 1.165) is 6.54 Å². The van der Waals surface area contributed by atoms with Gasteiger partial charge in [-0.05, 0) is 30.7 Å². The van der Waals surface area contributed by atoms with Crippen LogP contribution in [-0.2, 0) is 5.60 Å². The highest BCUT2D eigenvalue weighted by Crippen LogP contribution is 2.29. The number of β-amino-alcohol motifs (C(OH)–C–C–N with tert-alkyl or cyclic N) is 1. The maximum absolute atomic E-state index is 13.0. The van der Waals surface area contributed by atoms with Crippen LogP contribution >= 0.6 is 0 Å². The van der Waals surface area contributed by atoms with Gasteiger partial charge in [0.1, 0.15) is 5.60 Å². The third kappa shape index (κ3) is 1.47. The summed E-state index contributed by atoms with van der Waals surface area (Å²) in [5, 5.41) is 22.1. The van der Waals surface area contributed by atoms with E-state index in [0.29, 0.717) is 18.5 Å². The largest absolute Gasteiger partial charge is 0.505 e. The van der Waals surface area contributed by atoms with E-state index < -0.39 is 11.4 Å². The van der Waals surface area contributed by atoms with Gasteiger partial charge in [-0.25, -0.2) is 4.39 Å². The maximum atomic E-state index is 13.0. The minimum absolute atomic E-state index is 0.386. The van der Waals surface area contributed by atoms with Gasteiger partial charge in [-0.1, -0.05) is 6.07 Å². The minimum atomic E-state index is -0.992. The smallest absolute Gasteiger partial charge is 0.165 e. The van der Waals surface area contributed by atoms with Crippen molar-refractivity contribution in [1.29, 1.82) is 0 Å². The van der Waals surface area contributed by atoms with Gasteiger partial charge in [-0.2, -0.15) is 0 Å². The lowest BCUT2D eigenvalue weighted by atomic mass is 9.93. The molecule has 1 aliphatic rings. The van der Waals surface area contributed by atoms with Gasteiger partial charge in [0.15, 0.2) is 11.6 Å². The molecule has 0 radical (unpaired) electrons. The maximum Gasteiger partial charge on any atom is 0.165 e. The number of nitrogens with one attached hydrogen (secondary N) is 1.